The molecule has 126 valence electrons. The predicted octanol–water partition coefficient (Wildman–Crippen LogP) is 5.48. The van der Waals surface area contributed by atoms with Crippen molar-refractivity contribution in [2.75, 3.05) is 5.32 Å². The van der Waals surface area contributed by atoms with Crippen molar-refractivity contribution in [2.24, 2.45) is 0 Å². The van der Waals surface area contributed by atoms with Gasteiger partial charge in [0.15, 0.2) is 0 Å². The lowest BCUT2D eigenvalue weighted by Gasteiger charge is -2.13. The Kier molecular flexibility index (Phi) is 6.84. The summed E-state index contributed by atoms with van der Waals surface area (Å²) >= 11 is 6.20. The first kappa shape index (κ1) is 20.0. The molecule has 0 saturated carbocycles. The van der Waals surface area contributed by atoms with Gasteiger partial charge in [-0.1, -0.05) is 35.9 Å². The number of aromatic carboxylic acids is 1. The molecule has 0 bridgehead atoms. The molecular weight excluding hydrogens is 371 g/mol. The summed E-state index contributed by atoms with van der Waals surface area (Å²) in [6.45, 7) is 1.87. The number of aryl methyl sites for hydroxylation is 1. The fourth-order valence-electron chi connectivity index (χ4n) is 2.37. The zero-order valence-electron chi connectivity index (χ0n) is 12.6. The third kappa shape index (κ3) is 3.90. The third-order valence-corrected chi connectivity index (χ3v) is 3.65. The minimum absolute atomic E-state index is 0. The van der Waals surface area contributed by atoms with Gasteiger partial charge in [-0.3, -0.25) is 4.98 Å². The number of carboxylic acids is 1. The van der Waals surface area contributed by atoms with E-state index in [9.17, 15) is 9.90 Å². The van der Waals surface area contributed by atoms with E-state index in [0.717, 1.165) is 16.8 Å². The molecule has 0 atom stereocenters. The number of anilines is 2. The van der Waals surface area contributed by atoms with Gasteiger partial charge < -0.3 is 10.4 Å². The number of hydrogen-bond acceptors (Lipinski definition) is 3. The Balaban J connectivity index is 0.00000144. The highest BCUT2D eigenvalue weighted by Gasteiger charge is 2.12. The summed E-state index contributed by atoms with van der Waals surface area (Å²) in [5.74, 6) is -0.976. The Morgan fingerprint density at radius 1 is 1.08 bits per heavy atom. The average molecular weight is 386 g/mol. The van der Waals surface area contributed by atoms with Crippen LogP contribution < -0.4 is 5.32 Å². The van der Waals surface area contributed by atoms with E-state index in [0.29, 0.717) is 16.2 Å². The van der Waals surface area contributed by atoms with E-state index in [2.05, 4.69) is 10.3 Å². The second kappa shape index (κ2) is 8.20. The Bertz CT molecular complexity index is 885. The lowest BCUT2D eigenvalue weighted by atomic mass is 10.1. The van der Waals surface area contributed by atoms with Crippen LogP contribution in [-0.2, 0) is 0 Å². The molecule has 1 aromatic heterocycles. The summed E-state index contributed by atoms with van der Waals surface area (Å²) in [6.07, 6.45) is 0. The molecular formula is C17H15Cl3N2O2. The number of halogens is 3. The van der Waals surface area contributed by atoms with Crippen molar-refractivity contribution in [3.05, 3.63) is 64.8 Å². The molecule has 7 heteroatoms. The molecule has 0 aliphatic carbocycles. The minimum atomic E-state index is -0.976. The summed E-state index contributed by atoms with van der Waals surface area (Å²) in [4.78, 5) is 15.8. The topological polar surface area (TPSA) is 62.2 Å². The van der Waals surface area contributed by atoms with Crippen LogP contribution in [0.2, 0.25) is 5.02 Å². The second-order valence-electron chi connectivity index (χ2n) is 4.92. The fourth-order valence-corrected chi connectivity index (χ4v) is 2.59. The SMILES string of the molecule is Cc1cc(Nc2ccccc2C(=O)O)c2cccc(Cl)c2n1.Cl.Cl. The molecule has 2 aromatic carbocycles. The molecule has 1 heterocycles. The first-order valence-electron chi connectivity index (χ1n) is 6.71. The van der Waals surface area contributed by atoms with Crippen molar-refractivity contribution in [3.8, 4) is 0 Å². The van der Waals surface area contributed by atoms with Gasteiger partial charge in [-0.2, -0.15) is 0 Å². The third-order valence-electron chi connectivity index (χ3n) is 3.35. The number of rotatable bonds is 3. The maximum absolute atomic E-state index is 11.3. The number of aromatic nitrogens is 1. The summed E-state index contributed by atoms with van der Waals surface area (Å²) in [5, 5.41) is 13.9. The number of hydrogen-bond donors (Lipinski definition) is 2. The molecule has 3 rings (SSSR count). The number of nitrogens with zero attached hydrogens (tertiary/aromatic N) is 1. The van der Waals surface area contributed by atoms with Gasteiger partial charge in [-0.25, -0.2) is 4.79 Å². The standard InChI is InChI=1S/C17H13ClN2O2.2ClH/c1-10-9-15(11-6-4-7-13(18)16(11)19-10)20-14-8-3-2-5-12(14)17(21)22;;/h2-9H,1H3,(H,19,20)(H,21,22);2*1H. The highest BCUT2D eigenvalue weighted by molar-refractivity contribution is 6.35. The second-order valence-corrected chi connectivity index (χ2v) is 5.33. The summed E-state index contributed by atoms with van der Waals surface area (Å²) in [7, 11) is 0. The zero-order valence-corrected chi connectivity index (χ0v) is 15.0. The first-order chi connectivity index (χ1) is 10.6. The molecule has 0 saturated heterocycles. The monoisotopic (exact) mass is 384 g/mol. The van der Waals surface area contributed by atoms with Crippen LogP contribution in [0.3, 0.4) is 0 Å². The van der Waals surface area contributed by atoms with Crippen LogP contribution in [0.15, 0.2) is 48.5 Å². The van der Waals surface area contributed by atoms with Gasteiger partial charge in [-0.05, 0) is 31.2 Å². The van der Waals surface area contributed by atoms with Crippen LogP contribution in [0, 0.1) is 6.92 Å². The number of para-hydroxylation sites is 2. The van der Waals surface area contributed by atoms with E-state index in [-0.39, 0.29) is 30.4 Å². The van der Waals surface area contributed by atoms with Gasteiger partial charge in [0.1, 0.15) is 0 Å². The van der Waals surface area contributed by atoms with Crippen molar-refractivity contribution in [1.82, 2.24) is 4.98 Å². The fraction of sp³-hybridized carbons (Fsp3) is 0.0588. The van der Waals surface area contributed by atoms with Gasteiger partial charge in [0.25, 0.3) is 0 Å². The van der Waals surface area contributed by atoms with Gasteiger partial charge in [0.05, 0.1) is 21.8 Å². The maximum Gasteiger partial charge on any atom is 0.337 e. The lowest BCUT2D eigenvalue weighted by molar-refractivity contribution is 0.0698. The van der Waals surface area contributed by atoms with Crippen LogP contribution >= 0.6 is 36.4 Å². The first-order valence-corrected chi connectivity index (χ1v) is 7.09. The molecule has 2 N–H and O–H groups in total. The molecule has 0 radical (unpaired) electrons. The van der Waals surface area contributed by atoms with Crippen LogP contribution in [-0.4, -0.2) is 16.1 Å². The van der Waals surface area contributed by atoms with E-state index in [1.807, 2.05) is 25.1 Å². The van der Waals surface area contributed by atoms with Gasteiger partial charge in [-0.15, -0.1) is 24.8 Å². The van der Waals surface area contributed by atoms with Crippen LogP contribution in [0.25, 0.3) is 10.9 Å². The predicted molar refractivity (Wildman–Crippen MR) is 103 cm³/mol. The molecule has 3 aromatic rings. The highest BCUT2D eigenvalue weighted by Crippen LogP contribution is 2.31. The van der Waals surface area contributed by atoms with Crippen LogP contribution in [0.5, 0.6) is 0 Å². The number of pyridine rings is 1. The van der Waals surface area contributed by atoms with Crippen LogP contribution in [0.4, 0.5) is 11.4 Å². The molecule has 4 nitrogen and oxygen atoms in total. The number of benzene rings is 2. The largest absolute Gasteiger partial charge is 0.478 e. The molecule has 24 heavy (non-hydrogen) atoms. The number of carboxylic acid groups (broad SMARTS) is 1. The molecule has 0 amide bonds. The van der Waals surface area contributed by atoms with Crippen molar-refractivity contribution in [3.63, 3.8) is 0 Å². The van der Waals surface area contributed by atoms with Crippen molar-refractivity contribution in [2.45, 2.75) is 6.92 Å². The van der Waals surface area contributed by atoms with E-state index < -0.39 is 5.97 Å². The number of fused-ring (bicyclic) bond motifs is 1. The van der Waals surface area contributed by atoms with E-state index >= 15 is 0 Å². The highest BCUT2D eigenvalue weighted by atomic mass is 35.5. The normalized spacial score (nSPS) is 9.75. The summed E-state index contributed by atoms with van der Waals surface area (Å²) in [5.41, 5.74) is 3.02. The zero-order chi connectivity index (χ0) is 15.7. The summed E-state index contributed by atoms with van der Waals surface area (Å²) < 4.78 is 0. The number of carbonyl (C=O) groups is 1. The van der Waals surface area contributed by atoms with Gasteiger partial charge >= 0.3 is 5.97 Å². The maximum atomic E-state index is 11.3. The van der Waals surface area contributed by atoms with Gasteiger partial charge in [0.2, 0.25) is 0 Å². The molecule has 0 aliphatic heterocycles. The van der Waals surface area contributed by atoms with Crippen molar-refractivity contribution < 1.29 is 9.90 Å². The Morgan fingerprint density at radius 2 is 1.79 bits per heavy atom. The van der Waals surface area contributed by atoms with Crippen LogP contribution in [0.1, 0.15) is 16.1 Å². The smallest absolute Gasteiger partial charge is 0.337 e. The van der Waals surface area contributed by atoms with Gasteiger partial charge in [0, 0.05) is 16.8 Å². The molecule has 0 fully saturated rings. The molecule has 0 aliphatic rings. The summed E-state index contributed by atoms with van der Waals surface area (Å²) in [6, 6.07) is 14.2. The average Bonchev–Trinajstić information content (AvgIpc) is 2.49. The van der Waals surface area contributed by atoms with E-state index in [4.69, 9.17) is 11.6 Å². The minimum Gasteiger partial charge on any atom is -0.478 e. The Hall–Kier alpha value is -2.01. The quantitative estimate of drug-likeness (QED) is 0.626. The van der Waals surface area contributed by atoms with Crippen molar-refractivity contribution >= 4 is 64.7 Å². The Morgan fingerprint density at radius 3 is 2.50 bits per heavy atom. The lowest BCUT2D eigenvalue weighted by Crippen LogP contribution is -2.03. The molecule has 0 unspecified atom stereocenters. The van der Waals surface area contributed by atoms with E-state index in [1.54, 1.807) is 30.3 Å². The van der Waals surface area contributed by atoms with Crippen molar-refractivity contribution in [1.29, 1.82) is 0 Å². The molecule has 0 spiro atoms. The van der Waals surface area contributed by atoms with E-state index in [1.165, 1.54) is 0 Å². The number of nitrogens with one attached hydrogen (secondary N) is 1. The Labute approximate surface area is 156 Å².